The van der Waals surface area contributed by atoms with Crippen LogP contribution in [0.15, 0.2) is 96.0 Å². The minimum Gasteiger partial charge on any atom is -0.325 e. The molecule has 4 nitrogen and oxygen atoms in total. The van der Waals surface area contributed by atoms with E-state index in [-0.39, 0.29) is 12.3 Å². The minimum atomic E-state index is -0.142. The molecular weight excluding hydrogens is 450 g/mol. The highest BCUT2D eigenvalue weighted by Gasteiger charge is 2.16. The van der Waals surface area contributed by atoms with Crippen LogP contribution in [0.5, 0.6) is 0 Å². The Kier molecular flexibility index (Phi) is 7.41. The number of benzene rings is 3. The molecule has 0 saturated heterocycles. The topological polar surface area (TPSA) is 65.8 Å². The van der Waals surface area contributed by atoms with Gasteiger partial charge in [-0.05, 0) is 23.8 Å². The number of nitrogens with zero attached hydrogens (tertiary/aromatic N) is 2. The molecule has 0 aliphatic carbocycles. The van der Waals surface area contributed by atoms with Crippen LogP contribution < -0.4 is 5.32 Å². The summed E-state index contributed by atoms with van der Waals surface area (Å²) in [6, 6.07) is 31.1. The lowest BCUT2D eigenvalue weighted by Gasteiger charge is -2.13. The first-order valence-corrected chi connectivity index (χ1v) is 11.7. The molecule has 0 aliphatic heterocycles. The monoisotopic (exact) mass is 469 g/mol. The van der Waals surface area contributed by atoms with Crippen LogP contribution in [0, 0.1) is 11.3 Å². The van der Waals surface area contributed by atoms with Crippen molar-refractivity contribution in [2.75, 3.05) is 11.1 Å². The zero-order valence-electron chi connectivity index (χ0n) is 17.7. The van der Waals surface area contributed by atoms with Crippen molar-refractivity contribution in [3.05, 3.63) is 102 Å². The van der Waals surface area contributed by atoms with E-state index < -0.39 is 0 Å². The summed E-state index contributed by atoms with van der Waals surface area (Å²) in [4.78, 5) is 17.2. The Morgan fingerprint density at radius 2 is 1.58 bits per heavy atom. The molecule has 6 heteroatoms. The number of hydrogen-bond acceptors (Lipinski definition) is 4. The van der Waals surface area contributed by atoms with Crippen molar-refractivity contribution in [1.29, 1.82) is 5.26 Å². The lowest BCUT2D eigenvalue weighted by Crippen LogP contribution is -2.12. The second-order valence-electron chi connectivity index (χ2n) is 7.21. The third kappa shape index (κ3) is 5.61. The molecule has 0 spiro atoms. The van der Waals surface area contributed by atoms with Gasteiger partial charge in [-0.1, -0.05) is 84.4 Å². The van der Waals surface area contributed by atoms with E-state index >= 15 is 0 Å². The standard InChI is InChI=1S/C27H20ClN3OS/c28-23-13-7-8-14-24(23)30-26(32)15-16-33-27-22(18-29)21(19-9-3-1-4-10-19)17-25(31-27)20-11-5-2-6-12-20/h1-14,17H,15-16H2,(H,30,32). The Morgan fingerprint density at radius 3 is 2.24 bits per heavy atom. The average Bonchev–Trinajstić information content (AvgIpc) is 2.86. The predicted molar refractivity (Wildman–Crippen MR) is 135 cm³/mol. The van der Waals surface area contributed by atoms with Crippen molar-refractivity contribution >= 4 is 35.0 Å². The summed E-state index contributed by atoms with van der Waals surface area (Å²) in [5, 5.41) is 13.9. The van der Waals surface area contributed by atoms with Crippen molar-refractivity contribution < 1.29 is 4.79 Å². The maximum absolute atomic E-state index is 12.4. The SMILES string of the molecule is N#Cc1c(-c2ccccc2)cc(-c2ccccc2)nc1SCCC(=O)Nc1ccccc1Cl. The van der Waals surface area contributed by atoms with Crippen molar-refractivity contribution in [3.63, 3.8) is 0 Å². The Hall–Kier alpha value is -3.59. The van der Waals surface area contributed by atoms with Crippen molar-refractivity contribution in [3.8, 4) is 28.5 Å². The molecule has 1 aromatic heterocycles. The number of anilines is 1. The molecular formula is C27H20ClN3OS. The number of halogens is 1. The fraction of sp³-hybridized carbons (Fsp3) is 0.0741. The van der Waals surface area contributed by atoms with Crippen LogP contribution in [0.25, 0.3) is 22.4 Å². The number of para-hydroxylation sites is 1. The molecule has 0 atom stereocenters. The molecule has 162 valence electrons. The first kappa shape index (κ1) is 22.6. The molecule has 3 aromatic carbocycles. The molecule has 0 fully saturated rings. The van der Waals surface area contributed by atoms with Crippen LogP contribution in [0.3, 0.4) is 0 Å². The Bertz CT molecular complexity index is 1300. The number of carbonyl (C=O) groups is 1. The van der Waals surface area contributed by atoms with Gasteiger partial charge in [0.15, 0.2) is 0 Å². The van der Waals surface area contributed by atoms with E-state index in [1.807, 2.05) is 78.9 Å². The molecule has 1 heterocycles. The van der Waals surface area contributed by atoms with E-state index in [1.54, 1.807) is 12.1 Å². The second kappa shape index (κ2) is 10.8. The van der Waals surface area contributed by atoms with E-state index in [2.05, 4.69) is 11.4 Å². The Balaban J connectivity index is 1.59. The Morgan fingerprint density at radius 1 is 0.939 bits per heavy atom. The minimum absolute atomic E-state index is 0.142. The number of hydrogen-bond donors (Lipinski definition) is 1. The first-order chi connectivity index (χ1) is 16.2. The number of nitrogens with one attached hydrogen (secondary N) is 1. The fourth-order valence-electron chi connectivity index (χ4n) is 3.35. The van der Waals surface area contributed by atoms with E-state index in [0.717, 1.165) is 22.4 Å². The number of nitriles is 1. The van der Waals surface area contributed by atoms with Gasteiger partial charge in [-0.3, -0.25) is 4.79 Å². The maximum Gasteiger partial charge on any atom is 0.225 e. The summed E-state index contributed by atoms with van der Waals surface area (Å²) in [5.41, 5.74) is 4.63. The van der Waals surface area contributed by atoms with Gasteiger partial charge in [-0.25, -0.2) is 4.98 Å². The summed E-state index contributed by atoms with van der Waals surface area (Å²) in [6.07, 6.45) is 0.263. The van der Waals surface area contributed by atoms with Crippen LogP contribution in [-0.4, -0.2) is 16.6 Å². The van der Waals surface area contributed by atoms with Gasteiger partial charge in [0.05, 0.1) is 22.0 Å². The highest BCUT2D eigenvalue weighted by atomic mass is 35.5. The van der Waals surface area contributed by atoms with Crippen LogP contribution in [0.1, 0.15) is 12.0 Å². The van der Waals surface area contributed by atoms with Crippen LogP contribution in [-0.2, 0) is 4.79 Å². The molecule has 0 unspecified atom stereocenters. The molecule has 33 heavy (non-hydrogen) atoms. The highest BCUT2D eigenvalue weighted by molar-refractivity contribution is 7.99. The summed E-state index contributed by atoms with van der Waals surface area (Å²) in [5.74, 6) is 0.335. The van der Waals surface area contributed by atoms with Crippen molar-refractivity contribution in [2.24, 2.45) is 0 Å². The number of thioether (sulfide) groups is 1. The van der Waals surface area contributed by atoms with E-state index in [9.17, 15) is 10.1 Å². The van der Waals surface area contributed by atoms with Gasteiger partial charge >= 0.3 is 0 Å². The number of rotatable bonds is 7. The number of carbonyl (C=O) groups excluding carboxylic acids is 1. The normalized spacial score (nSPS) is 10.4. The molecule has 0 radical (unpaired) electrons. The fourth-order valence-corrected chi connectivity index (χ4v) is 4.48. The zero-order chi connectivity index (χ0) is 23.0. The molecule has 0 saturated carbocycles. The Labute approximate surface area is 202 Å². The van der Waals surface area contributed by atoms with Crippen LogP contribution in [0.4, 0.5) is 5.69 Å². The summed E-state index contributed by atoms with van der Waals surface area (Å²) >= 11 is 7.53. The largest absolute Gasteiger partial charge is 0.325 e. The molecule has 1 N–H and O–H groups in total. The highest BCUT2D eigenvalue weighted by Crippen LogP contribution is 2.34. The number of amides is 1. The number of aromatic nitrogens is 1. The third-order valence-electron chi connectivity index (χ3n) is 4.97. The quantitative estimate of drug-likeness (QED) is 0.294. The molecule has 0 bridgehead atoms. The average molecular weight is 470 g/mol. The molecule has 4 aromatic rings. The molecule has 4 rings (SSSR count). The van der Waals surface area contributed by atoms with Gasteiger partial charge in [0, 0.05) is 23.3 Å². The van der Waals surface area contributed by atoms with Gasteiger partial charge in [-0.2, -0.15) is 5.26 Å². The van der Waals surface area contributed by atoms with Gasteiger partial charge in [0.1, 0.15) is 11.1 Å². The second-order valence-corrected chi connectivity index (χ2v) is 8.70. The smallest absolute Gasteiger partial charge is 0.225 e. The summed E-state index contributed by atoms with van der Waals surface area (Å²) in [6.45, 7) is 0. The summed E-state index contributed by atoms with van der Waals surface area (Å²) in [7, 11) is 0. The lowest BCUT2D eigenvalue weighted by molar-refractivity contribution is -0.115. The number of pyridine rings is 1. The predicted octanol–water partition coefficient (Wildman–Crippen LogP) is 7.06. The van der Waals surface area contributed by atoms with E-state index in [1.165, 1.54) is 11.8 Å². The molecule has 1 amide bonds. The lowest BCUT2D eigenvalue weighted by atomic mass is 9.99. The molecule has 0 aliphatic rings. The van der Waals surface area contributed by atoms with Crippen molar-refractivity contribution in [2.45, 2.75) is 11.4 Å². The maximum atomic E-state index is 12.4. The van der Waals surface area contributed by atoms with Gasteiger partial charge < -0.3 is 5.32 Å². The van der Waals surface area contributed by atoms with Crippen LogP contribution >= 0.6 is 23.4 Å². The zero-order valence-corrected chi connectivity index (χ0v) is 19.2. The van der Waals surface area contributed by atoms with Gasteiger partial charge in [0.2, 0.25) is 5.91 Å². The van der Waals surface area contributed by atoms with E-state index in [0.29, 0.717) is 27.1 Å². The first-order valence-electron chi connectivity index (χ1n) is 10.4. The van der Waals surface area contributed by atoms with Crippen LogP contribution in [0.2, 0.25) is 5.02 Å². The van der Waals surface area contributed by atoms with Gasteiger partial charge in [0.25, 0.3) is 0 Å². The van der Waals surface area contributed by atoms with E-state index in [4.69, 9.17) is 16.6 Å². The summed E-state index contributed by atoms with van der Waals surface area (Å²) < 4.78 is 0. The third-order valence-corrected chi connectivity index (χ3v) is 6.27. The van der Waals surface area contributed by atoms with Crippen molar-refractivity contribution in [1.82, 2.24) is 4.98 Å². The van der Waals surface area contributed by atoms with Gasteiger partial charge in [-0.15, -0.1) is 11.8 Å².